The molecule has 2 aromatic rings. The van der Waals surface area contributed by atoms with Gasteiger partial charge in [0.25, 0.3) is 5.95 Å². The first-order valence-electron chi connectivity index (χ1n) is 4.69. The Morgan fingerprint density at radius 1 is 1.18 bits per heavy atom. The lowest BCUT2D eigenvalue weighted by Gasteiger charge is -2.09. The Morgan fingerprint density at radius 3 is 2.59 bits per heavy atom. The topological polar surface area (TPSA) is 39.4 Å². The standard InChI is InChI=1S/C11H7F3O3/c12-10(13)11(14)17-9-5-7(15)6-3-1-2-4-8(6)16-9/h1-5,10-11H. The van der Waals surface area contributed by atoms with Gasteiger partial charge >= 0.3 is 12.8 Å². The van der Waals surface area contributed by atoms with E-state index in [0.29, 0.717) is 0 Å². The molecule has 1 unspecified atom stereocenters. The molecule has 0 N–H and O–H groups in total. The smallest absolute Gasteiger partial charge is 0.304 e. The second-order valence-corrected chi connectivity index (χ2v) is 3.23. The first-order valence-corrected chi connectivity index (χ1v) is 4.69. The SMILES string of the molecule is O=c1cc(OC(F)C(F)F)oc2ccccc12. The third-order valence-electron chi connectivity index (χ3n) is 2.04. The van der Waals surface area contributed by atoms with Gasteiger partial charge in [0.2, 0.25) is 0 Å². The van der Waals surface area contributed by atoms with Crippen LogP contribution in [-0.2, 0) is 0 Å². The maximum absolute atomic E-state index is 12.6. The normalized spacial score (nSPS) is 12.9. The molecular weight excluding hydrogens is 237 g/mol. The van der Waals surface area contributed by atoms with Crippen molar-refractivity contribution in [3.8, 4) is 5.95 Å². The van der Waals surface area contributed by atoms with Crippen LogP contribution in [0.2, 0.25) is 0 Å². The largest absolute Gasteiger partial charge is 0.425 e. The molecule has 0 aliphatic heterocycles. The van der Waals surface area contributed by atoms with Crippen molar-refractivity contribution in [2.45, 2.75) is 12.8 Å². The molecule has 0 saturated carbocycles. The van der Waals surface area contributed by atoms with Crippen molar-refractivity contribution in [1.29, 1.82) is 0 Å². The van der Waals surface area contributed by atoms with Gasteiger partial charge in [0.15, 0.2) is 5.43 Å². The molecule has 2 rings (SSSR count). The number of alkyl halides is 3. The lowest BCUT2D eigenvalue weighted by atomic mass is 10.2. The van der Waals surface area contributed by atoms with Gasteiger partial charge in [-0.25, -0.2) is 8.78 Å². The summed E-state index contributed by atoms with van der Waals surface area (Å²) in [4.78, 5) is 11.5. The Bertz CT molecular complexity index is 579. The number of hydrogen-bond donors (Lipinski definition) is 0. The summed E-state index contributed by atoms with van der Waals surface area (Å²) >= 11 is 0. The fourth-order valence-corrected chi connectivity index (χ4v) is 1.30. The highest BCUT2D eigenvalue weighted by atomic mass is 19.3. The minimum atomic E-state index is -3.30. The van der Waals surface area contributed by atoms with Crippen molar-refractivity contribution in [3.05, 3.63) is 40.6 Å². The van der Waals surface area contributed by atoms with E-state index in [4.69, 9.17) is 4.42 Å². The summed E-state index contributed by atoms with van der Waals surface area (Å²) in [6, 6.07) is 7.01. The van der Waals surface area contributed by atoms with Gasteiger partial charge in [0.05, 0.1) is 11.5 Å². The summed E-state index contributed by atoms with van der Waals surface area (Å²) in [6.07, 6.45) is -6.12. The highest BCUT2D eigenvalue weighted by Crippen LogP contribution is 2.19. The minimum Gasteiger partial charge on any atom is -0.425 e. The number of fused-ring (bicyclic) bond motifs is 1. The average molecular weight is 244 g/mol. The van der Waals surface area contributed by atoms with Crippen molar-refractivity contribution < 1.29 is 22.3 Å². The molecule has 1 heterocycles. The van der Waals surface area contributed by atoms with Crippen molar-refractivity contribution in [3.63, 3.8) is 0 Å². The number of hydrogen-bond acceptors (Lipinski definition) is 3. The molecule has 0 saturated heterocycles. The maximum atomic E-state index is 12.6. The van der Waals surface area contributed by atoms with Crippen LogP contribution in [0.15, 0.2) is 39.5 Å². The van der Waals surface area contributed by atoms with Gasteiger partial charge in [-0.15, -0.1) is 0 Å². The summed E-state index contributed by atoms with van der Waals surface area (Å²) in [5.74, 6) is -0.568. The van der Waals surface area contributed by atoms with Crippen molar-refractivity contribution in [2.24, 2.45) is 0 Å². The number of benzene rings is 1. The van der Waals surface area contributed by atoms with Crippen LogP contribution in [0.5, 0.6) is 5.95 Å². The zero-order valence-electron chi connectivity index (χ0n) is 8.40. The molecular formula is C11H7F3O3. The summed E-state index contributed by atoms with van der Waals surface area (Å²) in [7, 11) is 0. The molecule has 6 heteroatoms. The third kappa shape index (κ3) is 2.41. The van der Waals surface area contributed by atoms with Crippen LogP contribution in [0, 0.1) is 0 Å². The van der Waals surface area contributed by atoms with Crippen LogP contribution in [0.1, 0.15) is 0 Å². The Labute approximate surface area is 93.4 Å². The van der Waals surface area contributed by atoms with Gasteiger partial charge in [-0.05, 0) is 12.1 Å². The predicted octanol–water partition coefficient (Wildman–Crippen LogP) is 2.73. The van der Waals surface area contributed by atoms with Crippen LogP contribution in [0.4, 0.5) is 13.2 Å². The molecule has 0 spiro atoms. The quantitative estimate of drug-likeness (QED) is 0.833. The second kappa shape index (κ2) is 4.48. The number of para-hydroxylation sites is 1. The van der Waals surface area contributed by atoms with Gasteiger partial charge in [0.1, 0.15) is 5.58 Å². The van der Waals surface area contributed by atoms with E-state index in [1.807, 2.05) is 0 Å². The number of rotatable bonds is 3. The van der Waals surface area contributed by atoms with Crippen molar-refractivity contribution in [2.75, 3.05) is 0 Å². The van der Waals surface area contributed by atoms with E-state index < -0.39 is 24.2 Å². The maximum Gasteiger partial charge on any atom is 0.304 e. The average Bonchev–Trinajstić information content (AvgIpc) is 2.29. The van der Waals surface area contributed by atoms with Gasteiger partial charge in [-0.1, -0.05) is 12.1 Å². The van der Waals surface area contributed by atoms with Gasteiger partial charge in [-0.2, -0.15) is 4.39 Å². The monoisotopic (exact) mass is 244 g/mol. The minimum absolute atomic E-state index is 0.150. The molecule has 0 aliphatic carbocycles. The molecule has 90 valence electrons. The number of ether oxygens (including phenoxy) is 1. The first kappa shape index (κ1) is 11.5. The Balaban J connectivity index is 2.40. The van der Waals surface area contributed by atoms with Crippen LogP contribution < -0.4 is 10.2 Å². The Kier molecular flexibility index (Phi) is 3.03. The van der Waals surface area contributed by atoms with Crippen LogP contribution in [-0.4, -0.2) is 12.8 Å². The molecule has 0 radical (unpaired) electrons. The van der Waals surface area contributed by atoms with E-state index in [2.05, 4.69) is 4.74 Å². The summed E-state index contributed by atoms with van der Waals surface area (Å²) < 4.78 is 45.6. The van der Waals surface area contributed by atoms with Gasteiger partial charge in [0, 0.05) is 0 Å². The van der Waals surface area contributed by atoms with Crippen LogP contribution in [0.3, 0.4) is 0 Å². The lowest BCUT2D eigenvalue weighted by molar-refractivity contribution is -0.0767. The molecule has 3 nitrogen and oxygen atoms in total. The second-order valence-electron chi connectivity index (χ2n) is 3.23. The molecule has 0 aliphatic rings. The van der Waals surface area contributed by atoms with E-state index in [1.54, 1.807) is 12.1 Å². The van der Waals surface area contributed by atoms with Crippen molar-refractivity contribution in [1.82, 2.24) is 0 Å². The fourth-order valence-electron chi connectivity index (χ4n) is 1.30. The predicted molar refractivity (Wildman–Crippen MR) is 54.0 cm³/mol. The third-order valence-corrected chi connectivity index (χ3v) is 2.04. The molecule has 1 atom stereocenters. The van der Waals surface area contributed by atoms with Crippen LogP contribution >= 0.6 is 0 Å². The van der Waals surface area contributed by atoms with Gasteiger partial charge < -0.3 is 9.15 Å². The Morgan fingerprint density at radius 2 is 1.88 bits per heavy atom. The lowest BCUT2D eigenvalue weighted by Crippen LogP contribution is -2.20. The van der Waals surface area contributed by atoms with E-state index in [-0.39, 0.29) is 11.0 Å². The van der Waals surface area contributed by atoms with Crippen LogP contribution in [0.25, 0.3) is 11.0 Å². The van der Waals surface area contributed by atoms with E-state index in [1.165, 1.54) is 12.1 Å². The molecule has 0 bridgehead atoms. The summed E-state index contributed by atoms with van der Waals surface area (Å²) in [5, 5.41) is 0.271. The highest BCUT2D eigenvalue weighted by molar-refractivity contribution is 5.76. The number of halogens is 3. The summed E-state index contributed by atoms with van der Waals surface area (Å²) in [6.45, 7) is 0. The van der Waals surface area contributed by atoms with Crippen molar-refractivity contribution >= 4 is 11.0 Å². The first-order chi connectivity index (χ1) is 8.08. The fraction of sp³-hybridized carbons (Fsp3) is 0.182. The molecule has 0 amide bonds. The van der Waals surface area contributed by atoms with E-state index in [9.17, 15) is 18.0 Å². The molecule has 1 aromatic carbocycles. The molecule has 0 fully saturated rings. The van der Waals surface area contributed by atoms with Gasteiger partial charge in [-0.3, -0.25) is 4.79 Å². The molecule has 1 aromatic heterocycles. The van der Waals surface area contributed by atoms with E-state index in [0.717, 1.165) is 6.07 Å². The zero-order chi connectivity index (χ0) is 12.4. The Hall–Kier alpha value is -1.98. The molecule has 17 heavy (non-hydrogen) atoms. The summed E-state index contributed by atoms with van der Waals surface area (Å²) in [5.41, 5.74) is -0.334. The van der Waals surface area contributed by atoms with E-state index >= 15 is 0 Å². The zero-order valence-corrected chi connectivity index (χ0v) is 8.40. The highest BCUT2D eigenvalue weighted by Gasteiger charge is 2.22.